The second-order valence-electron chi connectivity index (χ2n) is 11.2. The van der Waals surface area contributed by atoms with Gasteiger partial charge in [-0.3, -0.25) is 9.59 Å². The number of nitrogens with zero attached hydrogens (tertiary/aromatic N) is 2. The molecule has 4 atom stereocenters. The molecular weight excluding hydrogens is 482 g/mol. The molecule has 2 saturated heterocycles. The molecule has 2 fully saturated rings. The van der Waals surface area contributed by atoms with Crippen LogP contribution in [0.4, 0.5) is 8.78 Å². The fourth-order valence-electron chi connectivity index (χ4n) is 5.33. The topological polar surface area (TPSA) is 83.1 Å². The normalized spacial score (nSPS) is 23.9. The summed E-state index contributed by atoms with van der Waals surface area (Å²) < 4.78 is 39.1. The van der Waals surface area contributed by atoms with Crippen molar-refractivity contribution in [3.63, 3.8) is 0 Å². The number of carbonyl (C=O) groups excluding carboxylic acids is 2. The van der Waals surface area contributed by atoms with E-state index in [1.165, 1.54) is 6.07 Å². The summed E-state index contributed by atoms with van der Waals surface area (Å²) >= 11 is 0. The lowest BCUT2D eigenvalue weighted by Crippen LogP contribution is -2.59. The van der Waals surface area contributed by atoms with Crippen LogP contribution in [0.15, 0.2) is 30.2 Å². The van der Waals surface area contributed by atoms with Crippen molar-refractivity contribution in [2.75, 3.05) is 26.8 Å². The Morgan fingerprint density at radius 2 is 1.84 bits per heavy atom. The third kappa shape index (κ3) is 5.75. The van der Waals surface area contributed by atoms with Crippen LogP contribution in [-0.4, -0.2) is 78.6 Å². The second-order valence-corrected chi connectivity index (χ2v) is 11.2. The molecule has 0 aliphatic carbocycles. The van der Waals surface area contributed by atoms with Crippen LogP contribution < -0.4 is 15.4 Å². The van der Waals surface area contributed by atoms with E-state index in [0.717, 1.165) is 31.4 Å². The van der Waals surface area contributed by atoms with Crippen LogP contribution in [0.2, 0.25) is 0 Å². The van der Waals surface area contributed by atoms with E-state index >= 15 is 0 Å². The van der Waals surface area contributed by atoms with Crippen LogP contribution in [0.1, 0.15) is 47.0 Å². The predicted molar refractivity (Wildman–Crippen MR) is 135 cm³/mol. The molecule has 3 heterocycles. The molecule has 8 nitrogen and oxygen atoms in total. The maximum atomic E-state index is 14.0. The Bertz CT molecular complexity index is 1040. The van der Waals surface area contributed by atoms with E-state index < -0.39 is 35.2 Å². The van der Waals surface area contributed by atoms with E-state index in [-0.39, 0.29) is 29.6 Å². The Morgan fingerprint density at radius 3 is 2.46 bits per heavy atom. The van der Waals surface area contributed by atoms with E-state index in [1.54, 1.807) is 18.9 Å². The Hall–Kier alpha value is -2.72. The van der Waals surface area contributed by atoms with Crippen molar-refractivity contribution >= 4 is 11.8 Å². The summed E-state index contributed by atoms with van der Waals surface area (Å²) in [6.45, 7) is 9.33. The maximum absolute atomic E-state index is 14.0. The zero-order valence-electron chi connectivity index (χ0n) is 22.2. The smallest absolute Gasteiger partial charge is 0.246 e. The number of benzene rings is 1. The van der Waals surface area contributed by atoms with Crippen molar-refractivity contribution in [1.82, 2.24) is 20.4 Å². The van der Waals surface area contributed by atoms with E-state index in [4.69, 9.17) is 9.47 Å². The molecular formula is C27H38F2N4O4. The summed E-state index contributed by atoms with van der Waals surface area (Å²) in [5.74, 6) is -1.72. The summed E-state index contributed by atoms with van der Waals surface area (Å²) in [7, 11) is 1.69. The number of rotatable bonds is 7. The van der Waals surface area contributed by atoms with Crippen LogP contribution in [0.25, 0.3) is 0 Å². The van der Waals surface area contributed by atoms with Gasteiger partial charge in [-0.15, -0.1) is 0 Å². The Kier molecular flexibility index (Phi) is 8.08. The number of likely N-dealkylation sites (tertiary alicyclic amines) is 1. The number of amides is 2. The van der Waals surface area contributed by atoms with Gasteiger partial charge in [0, 0.05) is 38.1 Å². The number of hydrogen-bond acceptors (Lipinski definition) is 6. The maximum Gasteiger partial charge on any atom is 0.246 e. The van der Waals surface area contributed by atoms with E-state index in [9.17, 15) is 18.4 Å². The van der Waals surface area contributed by atoms with Gasteiger partial charge in [-0.2, -0.15) is 0 Å². The fraction of sp³-hybridized carbons (Fsp3) is 0.630. The average molecular weight is 521 g/mol. The van der Waals surface area contributed by atoms with Gasteiger partial charge in [-0.1, -0.05) is 20.8 Å². The monoisotopic (exact) mass is 520 g/mol. The van der Waals surface area contributed by atoms with E-state index in [1.807, 2.05) is 27.0 Å². The number of likely N-dealkylation sites (N-methyl/N-ethyl adjacent to an activating group) is 1. The summed E-state index contributed by atoms with van der Waals surface area (Å²) in [6, 6.07) is 2.02. The molecule has 2 amide bonds. The molecule has 1 aromatic carbocycles. The lowest BCUT2D eigenvalue weighted by Gasteiger charge is -2.38. The molecule has 0 spiro atoms. The zero-order chi connectivity index (χ0) is 26.9. The van der Waals surface area contributed by atoms with Gasteiger partial charge in [0.15, 0.2) is 11.6 Å². The van der Waals surface area contributed by atoms with Gasteiger partial charge in [0.1, 0.15) is 23.6 Å². The van der Waals surface area contributed by atoms with Crippen LogP contribution in [0, 0.1) is 17.0 Å². The first-order valence-electron chi connectivity index (χ1n) is 13.0. The van der Waals surface area contributed by atoms with Crippen molar-refractivity contribution in [1.29, 1.82) is 0 Å². The van der Waals surface area contributed by atoms with Gasteiger partial charge >= 0.3 is 0 Å². The minimum absolute atomic E-state index is 0.0140. The van der Waals surface area contributed by atoms with Gasteiger partial charge < -0.3 is 29.9 Å². The summed E-state index contributed by atoms with van der Waals surface area (Å²) in [6.07, 6.45) is 4.36. The highest BCUT2D eigenvalue weighted by molar-refractivity contribution is 5.90. The standard InChI is InChI=1S/C27H38F2N4O4/c1-16(30-5)25(34)31-24(27(2,3)4)26(35)32-11-8-21-23(32)22(15-33(21)17-9-12-36-13-10-17)37-18-6-7-19(28)20(29)14-18/h6-7,14-17,21,23-24,30H,8-13H2,1-5H3,(H,31,34). The highest BCUT2D eigenvalue weighted by atomic mass is 19.2. The molecule has 0 bridgehead atoms. The van der Waals surface area contributed by atoms with Crippen molar-refractivity contribution in [3.8, 4) is 5.75 Å². The van der Waals surface area contributed by atoms with Gasteiger partial charge in [-0.25, -0.2) is 8.78 Å². The molecule has 10 heteroatoms. The van der Waals surface area contributed by atoms with Crippen LogP contribution >= 0.6 is 0 Å². The molecule has 4 unspecified atom stereocenters. The van der Waals surface area contributed by atoms with Gasteiger partial charge in [0.25, 0.3) is 0 Å². The first kappa shape index (κ1) is 27.3. The Morgan fingerprint density at radius 1 is 1.14 bits per heavy atom. The lowest BCUT2D eigenvalue weighted by molar-refractivity contribution is -0.140. The molecule has 2 N–H and O–H groups in total. The molecule has 3 aliphatic rings. The number of fused-ring (bicyclic) bond motifs is 1. The highest BCUT2D eigenvalue weighted by Gasteiger charge is 2.51. The van der Waals surface area contributed by atoms with Gasteiger partial charge in [0.2, 0.25) is 11.8 Å². The number of halogens is 2. The van der Waals surface area contributed by atoms with Crippen molar-refractivity contribution in [3.05, 3.63) is 41.8 Å². The minimum Gasteiger partial charge on any atom is -0.458 e. The average Bonchev–Trinajstić information content (AvgIpc) is 3.45. The van der Waals surface area contributed by atoms with Crippen LogP contribution in [0.5, 0.6) is 5.75 Å². The van der Waals surface area contributed by atoms with Crippen LogP contribution in [0.3, 0.4) is 0 Å². The van der Waals surface area contributed by atoms with Gasteiger partial charge in [-0.05, 0) is 50.8 Å². The van der Waals surface area contributed by atoms with Crippen molar-refractivity contribution in [2.24, 2.45) is 5.41 Å². The molecule has 0 saturated carbocycles. The second kappa shape index (κ2) is 10.9. The molecule has 0 aromatic heterocycles. The molecule has 204 valence electrons. The molecule has 1 aromatic rings. The van der Waals surface area contributed by atoms with Crippen molar-refractivity contribution < 1.29 is 27.8 Å². The van der Waals surface area contributed by atoms with Crippen molar-refractivity contribution in [2.45, 2.75) is 77.2 Å². The van der Waals surface area contributed by atoms with Crippen LogP contribution in [-0.2, 0) is 14.3 Å². The third-order valence-corrected chi connectivity index (χ3v) is 7.56. The van der Waals surface area contributed by atoms with Gasteiger partial charge in [0.05, 0.1) is 12.1 Å². The lowest BCUT2D eigenvalue weighted by atomic mass is 9.85. The Balaban J connectivity index is 1.63. The summed E-state index contributed by atoms with van der Waals surface area (Å²) in [4.78, 5) is 30.8. The number of nitrogens with one attached hydrogen (secondary N) is 2. The molecule has 3 aliphatic heterocycles. The first-order chi connectivity index (χ1) is 17.5. The quantitative estimate of drug-likeness (QED) is 0.576. The van der Waals surface area contributed by atoms with E-state index in [0.29, 0.717) is 25.5 Å². The predicted octanol–water partition coefficient (Wildman–Crippen LogP) is 2.79. The summed E-state index contributed by atoms with van der Waals surface area (Å²) in [5, 5.41) is 5.85. The number of ether oxygens (including phenoxy) is 2. The minimum atomic E-state index is -0.998. The highest BCUT2D eigenvalue weighted by Crippen LogP contribution is 2.39. The molecule has 37 heavy (non-hydrogen) atoms. The largest absolute Gasteiger partial charge is 0.458 e. The SMILES string of the molecule is CNC(C)C(=O)NC(C(=O)N1CCC2C1C(Oc1ccc(F)c(F)c1)=CN2C1CCOCC1)C(C)(C)C. The zero-order valence-corrected chi connectivity index (χ0v) is 22.2. The first-order valence-corrected chi connectivity index (χ1v) is 13.0. The van der Waals surface area contributed by atoms with E-state index in [2.05, 4.69) is 15.5 Å². The molecule has 0 radical (unpaired) electrons. The molecule has 4 rings (SSSR count). The number of hydrogen-bond donors (Lipinski definition) is 2. The summed E-state index contributed by atoms with van der Waals surface area (Å²) in [5.41, 5.74) is -0.540. The fourth-order valence-corrected chi connectivity index (χ4v) is 5.33. The number of carbonyl (C=O) groups is 2. The third-order valence-electron chi connectivity index (χ3n) is 7.56. The Labute approximate surface area is 217 Å².